The Bertz CT molecular complexity index is 457. The first kappa shape index (κ1) is 16.4. The van der Waals surface area contributed by atoms with Crippen LogP contribution in [0.2, 0.25) is 0 Å². The number of nitrogens with two attached hydrogens (primary N) is 2. The van der Waals surface area contributed by atoms with Gasteiger partial charge in [0.05, 0.1) is 12.5 Å². The Labute approximate surface area is 117 Å². The topological polar surface area (TPSA) is 78.3 Å². The Morgan fingerprint density at radius 2 is 1.90 bits per heavy atom. The van der Waals surface area contributed by atoms with E-state index in [4.69, 9.17) is 16.2 Å². The number of ether oxygens (including phenoxy) is 1. The molecule has 112 valence electrons. The van der Waals surface area contributed by atoms with Gasteiger partial charge in [-0.2, -0.15) is 0 Å². The van der Waals surface area contributed by atoms with Gasteiger partial charge in [0.25, 0.3) is 0 Å². The highest BCUT2D eigenvalue weighted by Gasteiger charge is 2.16. The van der Waals surface area contributed by atoms with E-state index >= 15 is 0 Å². The number of hydrogen-bond donors (Lipinski definition) is 2. The maximum Gasteiger partial charge on any atom is 0.223 e. The summed E-state index contributed by atoms with van der Waals surface area (Å²) in [6.07, 6.45) is 1.11. The first-order chi connectivity index (χ1) is 9.35. The maximum absolute atomic E-state index is 13.8. The number of benzene rings is 1. The van der Waals surface area contributed by atoms with Gasteiger partial charge in [-0.25, -0.2) is 8.78 Å². The lowest BCUT2D eigenvalue weighted by atomic mass is 10.0. The molecule has 0 bridgehead atoms. The molecule has 2 atom stereocenters. The highest BCUT2D eigenvalue weighted by Crippen LogP contribution is 2.24. The molecule has 0 fully saturated rings. The zero-order chi connectivity index (χ0) is 15.3. The van der Waals surface area contributed by atoms with Crippen LogP contribution in [-0.4, -0.2) is 18.6 Å². The minimum absolute atomic E-state index is 0.143. The van der Waals surface area contributed by atoms with Gasteiger partial charge >= 0.3 is 0 Å². The molecule has 0 aliphatic carbocycles. The fourth-order valence-electron chi connectivity index (χ4n) is 1.61. The van der Waals surface area contributed by atoms with E-state index in [1.54, 1.807) is 0 Å². The van der Waals surface area contributed by atoms with Crippen molar-refractivity contribution in [3.05, 3.63) is 29.3 Å². The van der Waals surface area contributed by atoms with Crippen LogP contribution in [0.5, 0.6) is 5.75 Å². The summed E-state index contributed by atoms with van der Waals surface area (Å²) in [5.41, 5.74) is 11.3. The standard InChI is InChI=1S/C14H20F2N2O2/c1-3-10(17)4-9-5-11(15)13(12(16)6-9)20-7-8(2)14(18)19/h5-6,8,10H,3-4,7,17H2,1-2H3,(H2,18,19). The number of hydrogen-bond acceptors (Lipinski definition) is 3. The number of halogens is 2. The van der Waals surface area contributed by atoms with Crippen molar-refractivity contribution in [2.45, 2.75) is 32.7 Å². The zero-order valence-electron chi connectivity index (χ0n) is 11.7. The van der Waals surface area contributed by atoms with Crippen molar-refractivity contribution in [1.82, 2.24) is 0 Å². The molecule has 0 aliphatic heterocycles. The molecule has 6 heteroatoms. The largest absolute Gasteiger partial charge is 0.487 e. The highest BCUT2D eigenvalue weighted by molar-refractivity contribution is 5.76. The van der Waals surface area contributed by atoms with Crippen LogP contribution < -0.4 is 16.2 Å². The van der Waals surface area contributed by atoms with Gasteiger partial charge in [0, 0.05) is 6.04 Å². The summed E-state index contributed by atoms with van der Waals surface area (Å²) in [6, 6.07) is 2.25. The molecular weight excluding hydrogens is 266 g/mol. The Morgan fingerprint density at radius 1 is 1.35 bits per heavy atom. The molecule has 1 aromatic carbocycles. The molecule has 2 unspecified atom stereocenters. The quantitative estimate of drug-likeness (QED) is 0.801. The predicted molar refractivity (Wildman–Crippen MR) is 72.2 cm³/mol. The maximum atomic E-state index is 13.8. The van der Waals surface area contributed by atoms with Crippen molar-refractivity contribution in [3.63, 3.8) is 0 Å². The van der Waals surface area contributed by atoms with Gasteiger partial charge < -0.3 is 16.2 Å². The molecule has 0 saturated carbocycles. The van der Waals surface area contributed by atoms with E-state index in [1.807, 2.05) is 6.92 Å². The molecule has 0 radical (unpaired) electrons. The van der Waals surface area contributed by atoms with Gasteiger partial charge in [-0.05, 0) is 30.5 Å². The average molecular weight is 286 g/mol. The summed E-state index contributed by atoms with van der Waals surface area (Å²) in [4.78, 5) is 10.8. The van der Waals surface area contributed by atoms with E-state index in [0.717, 1.165) is 6.42 Å². The van der Waals surface area contributed by atoms with Crippen molar-refractivity contribution in [2.24, 2.45) is 17.4 Å². The molecule has 1 amide bonds. The summed E-state index contributed by atoms with van der Waals surface area (Å²) < 4.78 is 32.6. The molecule has 4 nitrogen and oxygen atoms in total. The SMILES string of the molecule is CCC(N)Cc1cc(F)c(OCC(C)C(N)=O)c(F)c1. The Hall–Kier alpha value is -1.69. The van der Waals surface area contributed by atoms with E-state index in [0.29, 0.717) is 12.0 Å². The van der Waals surface area contributed by atoms with Crippen LogP contribution in [0.15, 0.2) is 12.1 Å². The molecule has 0 heterocycles. The summed E-state index contributed by atoms with van der Waals surface area (Å²) in [7, 11) is 0. The predicted octanol–water partition coefficient (Wildman–Crippen LogP) is 1.74. The number of carbonyl (C=O) groups is 1. The smallest absolute Gasteiger partial charge is 0.223 e. The van der Waals surface area contributed by atoms with Crippen molar-refractivity contribution >= 4 is 5.91 Å². The van der Waals surface area contributed by atoms with Crippen LogP contribution in [0.4, 0.5) is 8.78 Å². The zero-order valence-corrected chi connectivity index (χ0v) is 11.7. The van der Waals surface area contributed by atoms with Crippen LogP contribution in [-0.2, 0) is 11.2 Å². The number of amides is 1. The van der Waals surface area contributed by atoms with E-state index in [9.17, 15) is 13.6 Å². The summed E-state index contributed by atoms with van der Waals surface area (Å²) >= 11 is 0. The second-order valence-corrected chi connectivity index (χ2v) is 4.88. The molecule has 1 aromatic rings. The van der Waals surface area contributed by atoms with Crippen LogP contribution in [0.25, 0.3) is 0 Å². The molecule has 0 aliphatic rings. The van der Waals surface area contributed by atoms with Crippen molar-refractivity contribution < 1.29 is 18.3 Å². The highest BCUT2D eigenvalue weighted by atomic mass is 19.1. The summed E-state index contributed by atoms with van der Waals surface area (Å²) in [5.74, 6) is -3.31. The normalized spacial score (nSPS) is 13.8. The lowest BCUT2D eigenvalue weighted by molar-refractivity contribution is -0.122. The third kappa shape index (κ3) is 4.45. The number of carbonyl (C=O) groups excluding carboxylic acids is 1. The van der Waals surface area contributed by atoms with Gasteiger partial charge in [-0.15, -0.1) is 0 Å². The van der Waals surface area contributed by atoms with Crippen LogP contribution in [0.1, 0.15) is 25.8 Å². The fourth-order valence-corrected chi connectivity index (χ4v) is 1.61. The molecule has 1 rings (SSSR count). The Kier molecular flexibility index (Phi) is 5.88. The third-order valence-electron chi connectivity index (χ3n) is 3.04. The van der Waals surface area contributed by atoms with Gasteiger partial charge in [-0.3, -0.25) is 4.79 Å². The lowest BCUT2D eigenvalue weighted by Crippen LogP contribution is -2.26. The van der Waals surface area contributed by atoms with Gasteiger partial charge in [-0.1, -0.05) is 13.8 Å². The fraction of sp³-hybridized carbons (Fsp3) is 0.500. The summed E-state index contributed by atoms with van der Waals surface area (Å²) in [5, 5.41) is 0. The molecule has 4 N–H and O–H groups in total. The monoisotopic (exact) mass is 286 g/mol. The van der Waals surface area contributed by atoms with Crippen molar-refractivity contribution in [3.8, 4) is 5.75 Å². The number of rotatable bonds is 7. The minimum Gasteiger partial charge on any atom is -0.487 e. The van der Waals surface area contributed by atoms with E-state index < -0.39 is 29.2 Å². The first-order valence-corrected chi connectivity index (χ1v) is 6.50. The molecule has 0 aromatic heterocycles. The third-order valence-corrected chi connectivity index (χ3v) is 3.04. The second kappa shape index (κ2) is 7.19. The number of primary amides is 1. The minimum atomic E-state index is -0.806. The molecule has 0 spiro atoms. The van der Waals surface area contributed by atoms with Crippen LogP contribution in [0, 0.1) is 17.6 Å². The lowest BCUT2D eigenvalue weighted by Gasteiger charge is -2.14. The Morgan fingerprint density at radius 3 is 2.35 bits per heavy atom. The second-order valence-electron chi connectivity index (χ2n) is 4.88. The molecule has 20 heavy (non-hydrogen) atoms. The average Bonchev–Trinajstić information content (AvgIpc) is 2.37. The van der Waals surface area contributed by atoms with E-state index in [-0.39, 0.29) is 12.6 Å². The summed E-state index contributed by atoms with van der Waals surface area (Å²) in [6.45, 7) is 3.25. The van der Waals surface area contributed by atoms with Gasteiger partial charge in [0.1, 0.15) is 0 Å². The van der Waals surface area contributed by atoms with Crippen molar-refractivity contribution in [1.29, 1.82) is 0 Å². The van der Waals surface area contributed by atoms with Gasteiger partial charge in [0.2, 0.25) is 5.91 Å². The van der Waals surface area contributed by atoms with Crippen molar-refractivity contribution in [2.75, 3.05) is 6.61 Å². The van der Waals surface area contributed by atoms with Crippen LogP contribution in [0.3, 0.4) is 0 Å². The molecular formula is C14H20F2N2O2. The Balaban J connectivity index is 2.81. The van der Waals surface area contributed by atoms with Crippen LogP contribution >= 0.6 is 0 Å². The van der Waals surface area contributed by atoms with E-state index in [1.165, 1.54) is 19.1 Å². The van der Waals surface area contributed by atoms with Gasteiger partial charge in [0.15, 0.2) is 17.4 Å². The van der Waals surface area contributed by atoms with E-state index in [2.05, 4.69) is 0 Å². The first-order valence-electron chi connectivity index (χ1n) is 6.50. The molecule has 0 saturated heterocycles.